The van der Waals surface area contributed by atoms with Gasteiger partial charge in [0.15, 0.2) is 0 Å². The van der Waals surface area contributed by atoms with Gasteiger partial charge >= 0.3 is 0 Å². The van der Waals surface area contributed by atoms with Gasteiger partial charge in [-0.1, -0.05) is 66.7 Å². The zero-order chi connectivity index (χ0) is 24.4. The third kappa shape index (κ3) is 5.05. The summed E-state index contributed by atoms with van der Waals surface area (Å²) in [5.41, 5.74) is 3.82. The van der Waals surface area contributed by atoms with Crippen LogP contribution in [0, 0.1) is 5.82 Å². The van der Waals surface area contributed by atoms with Crippen molar-refractivity contribution in [3.8, 4) is 11.1 Å². The van der Waals surface area contributed by atoms with Gasteiger partial charge in [0.2, 0.25) is 10.0 Å². The van der Waals surface area contributed by atoms with Gasteiger partial charge in [-0.25, -0.2) is 17.1 Å². The number of aliphatic hydroxyl groups is 1. The molecule has 5 rings (SSSR count). The Kier molecular flexibility index (Phi) is 7.02. The van der Waals surface area contributed by atoms with Gasteiger partial charge in [-0.05, 0) is 53.8 Å². The van der Waals surface area contributed by atoms with E-state index in [0.29, 0.717) is 13.1 Å². The Morgan fingerprint density at radius 1 is 0.857 bits per heavy atom. The fraction of sp³-hybridized carbons (Fsp3) is 0.357. The summed E-state index contributed by atoms with van der Waals surface area (Å²) in [4.78, 5) is 2.28. The van der Waals surface area contributed by atoms with Crippen molar-refractivity contribution in [1.82, 2.24) is 9.21 Å². The van der Waals surface area contributed by atoms with E-state index in [9.17, 15) is 17.9 Å². The van der Waals surface area contributed by atoms with E-state index in [2.05, 4.69) is 17.0 Å². The monoisotopic (exact) mass is 494 g/mol. The van der Waals surface area contributed by atoms with Crippen molar-refractivity contribution in [2.45, 2.75) is 36.6 Å². The van der Waals surface area contributed by atoms with Crippen LogP contribution >= 0.6 is 0 Å². The Hall–Kier alpha value is -2.58. The fourth-order valence-corrected chi connectivity index (χ4v) is 7.16. The number of hydrogen-bond donors (Lipinski definition) is 1. The second-order valence-corrected chi connectivity index (χ2v) is 11.5. The molecular weight excluding hydrogens is 463 g/mol. The minimum atomic E-state index is -3.46. The second-order valence-electron chi connectivity index (χ2n) is 9.52. The summed E-state index contributed by atoms with van der Waals surface area (Å²) < 4.78 is 41.6. The summed E-state index contributed by atoms with van der Waals surface area (Å²) in [6.07, 6.45) is 1.72. The number of halogens is 1. The molecule has 1 N–H and O–H groups in total. The molecule has 0 aliphatic carbocycles. The molecule has 35 heavy (non-hydrogen) atoms. The van der Waals surface area contributed by atoms with E-state index in [4.69, 9.17) is 0 Å². The van der Waals surface area contributed by atoms with Crippen molar-refractivity contribution in [2.24, 2.45) is 0 Å². The minimum absolute atomic E-state index is 0.00101. The first-order valence-corrected chi connectivity index (χ1v) is 13.8. The van der Waals surface area contributed by atoms with Crippen LogP contribution in [0.5, 0.6) is 0 Å². The highest BCUT2D eigenvalue weighted by atomic mass is 32.2. The van der Waals surface area contributed by atoms with E-state index in [0.717, 1.165) is 41.6 Å². The van der Waals surface area contributed by atoms with Gasteiger partial charge in [-0.3, -0.25) is 4.90 Å². The Bertz CT molecular complexity index is 1230. The maximum atomic E-state index is 13.3. The lowest BCUT2D eigenvalue weighted by atomic mass is 9.74. The molecule has 0 bridgehead atoms. The van der Waals surface area contributed by atoms with Crippen LogP contribution in [0.25, 0.3) is 11.1 Å². The molecule has 0 aromatic heterocycles. The van der Waals surface area contributed by atoms with E-state index in [1.807, 2.05) is 42.5 Å². The van der Waals surface area contributed by atoms with Crippen molar-refractivity contribution in [3.05, 3.63) is 95.8 Å². The molecule has 184 valence electrons. The molecule has 0 unspecified atom stereocenters. The van der Waals surface area contributed by atoms with Crippen LogP contribution in [0.2, 0.25) is 0 Å². The van der Waals surface area contributed by atoms with Gasteiger partial charge in [0.25, 0.3) is 0 Å². The van der Waals surface area contributed by atoms with Gasteiger partial charge in [0, 0.05) is 31.1 Å². The lowest BCUT2D eigenvalue weighted by Gasteiger charge is -2.57. The van der Waals surface area contributed by atoms with Gasteiger partial charge in [-0.15, -0.1) is 0 Å². The predicted molar refractivity (Wildman–Crippen MR) is 136 cm³/mol. The first-order chi connectivity index (χ1) is 17.0. The second kappa shape index (κ2) is 10.2. The van der Waals surface area contributed by atoms with Gasteiger partial charge in [0.05, 0.1) is 12.4 Å². The number of aliphatic hydroxyl groups excluding tert-OH is 1. The van der Waals surface area contributed by atoms with Crippen LogP contribution in [0.4, 0.5) is 4.39 Å². The van der Waals surface area contributed by atoms with Crippen molar-refractivity contribution >= 4 is 10.0 Å². The van der Waals surface area contributed by atoms with Crippen molar-refractivity contribution < 1.29 is 17.9 Å². The summed E-state index contributed by atoms with van der Waals surface area (Å²) in [6.45, 7) is 1.86. The van der Waals surface area contributed by atoms with Gasteiger partial charge in [0.1, 0.15) is 5.82 Å². The molecule has 0 saturated carbocycles. The van der Waals surface area contributed by atoms with E-state index in [-0.39, 0.29) is 36.2 Å². The average molecular weight is 495 g/mol. The molecular formula is C28H31FN2O3S. The SMILES string of the molecule is O=S(=O)(Cc1ccccc1)N1CCCCN2[C@@H](CO)[C@@H](c3ccc(-c4ccc(F)cc4)cc3)[C@@H]2C1. The van der Waals surface area contributed by atoms with E-state index in [1.165, 1.54) is 12.1 Å². The van der Waals surface area contributed by atoms with Crippen molar-refractivity contribution in [3.63, 3.8) is 0 Å². The fourth-order valence-electron chi connectivity index (χ4n) is 5.58. The number of fused-ring (bicyclic) bond motifs is 1. The van der Waals surface area contributed by atoms with E-state index in [1.54, 1.807) is 16.4 Å². The van der Waals surface area contributed by atoms with E-state index >= 15 is 0 Å². The largest absolute Gasteiger partial charge is 0.395 e. The third-order valence-electron chi connectivity index (χ3n) is 7.39. The third-order valence-corrected chi connectivity index (χ3v) is 9.21. The van der Waals surface area contributed by atoms with Crippen LogP contribution in [-0.4, -0.2) is 61.1 Å². The molecule has 2 heterocycles. The number of nitrogens with zero attached hydrogens (tertiary/aromatic N) is 2. The zero-order valence-corrected chi connectivity index (χ0v) is 20.4. The molecule has 2 aliphatic heterocycles. The molecule has 2 fully saturated rings. The topological polar surface area (TPSA) is 60.9 Å². The predicted octanol–water partition coefficient (Wildman–Crippen LogP) is 4.25. The van der Waals surface area contributed by atoms with Crippen LogP contribution < -0.4 is 0 Å². The summed E-state index contributed by atoms with van der Waals surface area (Å²) in [7, 11) is -3.46. The quantitative estimate of drug-likeness (QED) is 0.557. The Balaban J connectivity index is 1.38. The summed E-state index contributed by atoms with van der Waals surface area (Å²) >= 11 is 0. The Morgan fingerprint density at radius 3 is 2.14 bits per heavy atom. The highest BCUT2D eigenvalue weighted by Gasteiger charge is 2.50. The molecule has 0 spiro atoms. The number of sulfonamides is 1. The first kappa shape index (κ1) is 24.1. The summed E-state index contributed by atoms with van der Waals surface area (Å²) in [6, 6.07) is 23.9. The van der Waals surface area contributed by atoms with Crippen molar-refractivity contribution in [1.29, 1.82) is 0 Å². The molecule has 5 nitrogen and oxygen atoms in total. The maximum Gasteiger partial charge on any atom is 0.218 e. The van der Waals surface area contributed by atoms with Crippen LogP contribution in [0.15, 0.2) is 78.9 Å². The molecule has 3 atom stereocenters. The number of hydrogen-bond acceptors (Lipinski definition) is 4. The Labute approximate surface area is 206 Å². The van der Waals surface area contributed by atoms with Crippen LogP contribution in [0.3, 0.4) is 0 Å². The van der Waals surface area contributed by atoms with Crippen LogP contribution in [-0.2, 0) is 15.8 Å². The van der Waals surface area contributed by atoms with Gasteiger partial charge < -0.3 is 5.11 Å². The summed E-state index contributed by atoms with van der Waals surface area (Å²) in [5, 5.41) is 10.2. The molecule has 7 heteroatoms. The average Bonchev–Trinajstić information content (AvgIpc) is 2.84. The molecule has 3 aromatic carbocycles. The highest BCUT2D eigenvalue weighted by Crippen LogP contribution is 2.42. The van der Waals surface area contributed by atoms with Crippen molar-refractivity contribution in [2.75, 3.05) is 26.2 Å². The molecule has 2 saturated heterocycles. The number of benzene rings is 3. The van der Waals surface area contributed by atoms with Crippen LogP contribution in [0.1, 0.15) is 29.9 Å². The Morgan fingerprint density at radius 2 is 1.49 bits per heavy atom. The highest BCUT2D eigenvalue weighted by molar-refractivity contribution is 7.88. The smallest absolute Gasteiger partial charge is 0.218 e. The standard InChI is InChI=1S/C28H31FN2O3S/c29-25-14-12-23(13-15-25)22-8-10-24(11-9-22)28-26-18-30(16-4-5-17-31(26)27(28)19-32)35(33,34)20-21-6-2-1-3-7-21/h1-3,6-15,26-28,32H,4-5,16-20H2/t26-,27-,28-/m0/s1. The maximum absolute atomic E-state index is 13.3. The van der Waals surface area contributed by atoms with Gasteiger partial charge in [-0.2, -0.15) is 0 Å². The van der Waals surface area contributed by atoms with E-state index < -0.39 is 10.0 Å². The molecule has 3 aromatic rings. The molecule has 0 amide bonds. The minimum Gasteiger partial charge on any atom is -0.395 e. The lowest BCUT2D eigenvalue weighted by Crippen LogP contribution is -2.67. The molecule has 2 aliphatic rings. The number of rotatable bonds is 6. The summed E-state index contributed by atoms with van der Waals surface area (Å²) in [5.74, 6) is -0.211. The lowest BCUT2D eigenvalue weighted by molar-refractivity contribution is -0.0554. The normalized spacial score (nSPS) is 23.7. The first-order valence-electron chi connectivity index (χ1n) is 12.2. The zero-order valence-electron chi connectivity index (χ0n) is 19.6. The molecule has 0 radical (unpaired) electrons.